The molecule has 0 spiro atoms. The van der Waals surface area contributed by atoms with Crippen LogP contribution in [0.25, 0.3) is 0 Å². The van der Waals surface area contributed by atoms with Crippen LogP contribution < -0.4 is 0 Å². The number of hydrogen-bond donors (Lipinski definition) is 0. The Hall–Kier alpha value is -0.530. The molecule has 0 saturated heterocycles. The van der Waals surface area contributed by atoms with Crippen LogP contribution in [0.1, 0.15) is 46.5 Å². The summed E-state index contributed by atoms with van der Waals surface area (Å²) in [7, 11) is 1.90. The summed E-state index contributed by atoms with van der Waals surface area (Å²) < 4.78 is 0. The molecule has 0 heterocycles. The summed E-state index contributed by atoms with van der Waals surface area (Å²) in [6.45, 7) is 5.96. The number of nitrogens with zero attached hydrogens (tertiary/aromatic N) is 1. The first-order chi connectivity index (χ1) is 5.63. The van der Waals surface area contributed by atoms with E-state index in [4.69, 9.17) is 0 Å². The first-order valence-electron chi connectivity index (χ1n) is 4.86. The maximum atomic E-state index is 11.1. The Balaban J connectivity index is 3.98. The van der Waals surface area contributed by atoms with Gasteiger partial charge in [-0.05, 0) is 12.8 Å². The quantitative estimate of drug-likeness (QED) is 0.622. The molecule has 0 aromatic rings. The Morgan fingerprint density at radius 1 is 1.25 bits per heavy atom. The molecule has 0 aliphatic carbocycles. The highest BCUT2D eigenvalue weighted by Crippen LogP contribution is 2.11. The summed E-state index contributed by atoms with van der Waals surface area (Å²) in [5.74, 6) is 0.182. The third kappa shape index (κ3) is 3.74. The zero-order valence-corrected chi connectivity index (χ0v) is 8.76. The molecule has 0 unspecified atom stereocenters. The van der Waals surface area contributed by atoms with Crippen molar-refractivity contribution in [1.29, 1.82) is 0 Å². The first-order valence-corrected chi connectivity index (χ1v) is 4.86. The highest BCUT2D eigenvalue weighted by Gasteiger charge is 2.14. The average Bonchev–Trinajstić information content (AvgIpc) is 2.03. The lowest BCUT2D eigenvalue weighted by Gasteiger charge is -2.26. The third-order valence-corrected chi connectivity index (χ3v) is 2.29. The van der Waals surface area contributed by atoms with Gasteiger partial charge in [-0.3, -0.25) is 4.79 Å². The van der Waals surface area contributed by atoms with Crippen LogP contribution in [0.2, 0.25) is 0 Å². The first kappa shape index (κ1) is 11.5. The summed E-state index contributed by atoms with van der Waals surface area (Å²) in [4.78, 5) is 12.9. The van der Waals surface area contributed by atoms with E-state index in [1.807, 2.05) is 11.9 Å². The zero-order valence-electron chi connectivity index (χ0n) is 8.76. The smallest absolute Gasteiger partial charge is 0.219 e. The van der Waals surface area contributed by atoms with Gasteiger partial charge in [-0.25, -0.2) is 0 Å². The van der Waals surface area contributed by atoms with E-state index in [0.717, 1.165) is 25.7 Å². The molecule has 1 amide bonds. The minimum Gasteiger partial charge on any atom is -0.343 e. The maximum absolute atomic E-state index is 11.1. The van der Waals surface area contributed by atoms with E-state index in [-0.39, 0.29) is 5.91 Å². The van der Waals surface area contributed by atoms with Gasteiger partial charge in [0, 0.05) is 20.0 Å². The van der Waals surface area contributed by atoms with Gasteiger partial charge in [0.25, 0.3) is 0 Å². The SMILES string of the molecule is CCCC(CCC)N(C)C(C)=O. The van der Waals surface area contributed by atoms with Crippen molar-refractivity contribution in [2.24, 2.45) is 0 Å². The highest BCUT2D eigenvalue weighted by atomic mass is 16.2. The van der Waals surface area contributed by atoms with Crippen molar-refractivity contribution in [3.63, 3.8) is 0 Å². The molecule has 0 radical (unpaired) electrons. The van der Waals surface area contributed by atoms with Crippen LogP contribution in [0.5, 0.6) is 0 Å². The predicted octanol–water partition coefficient (Wildman–Crippen LogP) is 2.43. The average molecular weight is 171 g/mol. The lowest BCUT2D eigenvalue weighted by molar-refractivity contribution is -0.129. The molecular formula is C10H21NO. The Bertz CT molecular complexity index is 128. The van der Waals surface area contributed by atoms with Gasteiger partial charge in [-0.2, -0.15) is 0 Å². The van der Waals surface area contributed by atoms with Crippen LogP contribution in [0.4, 0.5) is 0 Å². The Morgan fingerprint density at radius 2 is 1.67 bits per heavy atom. The molecule has 0 aliphatic rings. The summed E-state index contributed by atoms with van der Waals surface area (Å²) in [6.07, 6.45) is 4.57. The van der Waals surface area contributed by atoms with Gasteiger partial charge >= 0.3 is 0 Å². The van der Waals surface area contributed by atoms with Crippen LogP contribution >= 0.6 is 0 Å². The standard InChI is InChI=1S/C10H21NO/c1-5-7-10(8-6-2)11(4)9(3)12/h10H,5-8H2,1-4H3. The van der Waals surface area contributed by atoms with Gasteiger partial charge in [-0.1, -0.05) is 26.7 Å². The maximum Gasteiger partial charge on any atom is 0.219 e. The Morgan fingerprint density at radius 3 is 1.92 bits per heavy atom. The minimum absolute atomic E-state index is 0.182. The molecular weight excluding hydrogens is 150 g/mol. The number of amides is 1. The molecule has 0 aromatic carbocycles. The zero-order chi connectivity index (χ0) is 9.56. The topological polar surface area (TPSA) is 20.3 Å². The molecule has 0 saturated carbocycles. The summed E-state index contributed by atoms with van der Waals surface area (Å²) in [6, 6.07) is 0.456. The van der Waals surface area contributed by atoms with Crippen molar-refractivity contribution < 1.29 is 4.79 Å². The number of carbonyl (C=O) groups is 1. The van der Waals surface area contributed by atoms with E-state index in [1.165, 1.54) is 0 Å². The monoisotopic (exact) mass is 171 g/mol. The fraction of sp³-hybridized carbons (Fsp3) is 0.900. The molecule has 2 nitrogen and oxygen atoms in total. The van der Waals surface area contributed by atoms with Gasteiger partial charge in [0.1, 0.15) is 0 Å². The van der Waals surface area contributed by atoms with E-state index >= 15 is 0 Å². The second-order valence-electron chi connectivity index (χ2n) is 3.36. The van der Waals surface area contributed by atoms with Gasteiger partial charge < -0.3 is 4.90 Å². The molecule has 0 fully saturated rings. The molecule has 0 N–H and O–H groups in total. The van der Waals surface area contributed by atoms with Gasteiger partial charge in [0.2, 0.25) is 5.91 Å². The van der Waals surface area contributed by atoms with Crippen molar-refractivity contribution in [3.05, 3.63) is 0 Å². The molecule has 0 atom stereocenters. The molecule has 0 bridgehead atoms. The summed E-state index contributed by atoms with van der Waals surface area (Å²) in [5.41, 5.74) is 0. The molecule has 72 valence electrons. The second kappa shape index (κ2) is 6.04. The van der Waals surface area contributed by atoms with E-state index in [0.29, 0.717) is 6.04 Å². The van der Waals surface area contributed by atoms with Crippen molar-refractivity contribution >= 4 is 5.91 Å². The molecule has 2 heteroatoms. The van der Waals surface area contributed by atoms with Crippen molar-refractivity contribution in [1.82, 2.24) is 4.90 Å². The highest BCUT2D eigenvalue weighted by molar-refractivity contribution is 5.73. The van der Waals surface area contributed by atoms with Crippen molar-refractivity contribution in [2.75, 3.05) is 7.05 Å². The van der Waals surface area contributed by atoms with Gasteiger partial charge in [0.15, 0.2) is 0 Å². The van der Waals surface area contributed by atoms with Crippen LogP contribution in [-0.4, -0.2) is 23.9 Å². The van der Waals surface area contributed by atoms with Crippen LogP contribution in [0.3, 0.4) is 0 Å². The molecule has 0 rings (SSSR count). The Labute approximate surface area is 75.9 Å². The van der Waals surface area contributed by atoms with Crippen molar-refractivity contribution in [2.45, 2.75) is 52.5 Å². The van der Waals surface area contributed by atoms with Crippen LogP contribution in [0.15, 0.2) is 0 Å². The lowest BCUT2D eigenvalue weighted by Crippen LogP contribution is -2.35. The number of carbonyl (C=O) groups excluding carboxylic acids is 1. The fourth-order valence-corrected chi connectivity index (χ4v) is 1.46. The van der Waals surface area contributed by atoms with Crippen molar-refractivity contribution in [3.8, 4) is 0 Å². The third-order valence-electron chi connectivity index (χ3n) is 2.29. The number of hydrogen-bond acceptors (Lipinski definition) is 1. The summed E-state index contributed by atoms with van der Waals surface area (Å²) >= 11 is 0. The fourth-order valence-electron chi connectivity index (χ4n) is 1.46. The van der Waals surface area contributed by atoms with Gasteiger partial charge in [0.05, 0.1) is 0 Å². The summed E-state index contributed by atoms with van der Waals surface area (Å²) in [5, 5.41) is 0. The molecule has 0 aliphatic heterocycles. The lowest BCUT2D eigenvalue weighted by atomic mass is 10.1. The van der Waals surface area contributed by atoms with E-state index in [2.05, 4.69) is 13.8 Å². The van der Waals surface area contributed by atoms with Gasteiger partial charge in [-0.15, -0.1) is 0 Å². The van der Waals surface area contributed by atoms with E-state index in [9.17, 15) is 4.79 Å². The largest absolute Gasteiger partial charge is 0.343 e. The Kier molecular flexibility index (Phi) is 5.77. The minimum atomic E-state index is 0.182. The van der Waals surface area contributed by atoms with Crippen LogP contribution in [0, 0.1) is 0 Å². The van der Waals surface area contributed by atoms with E-state index in [1.54, 1.807) is 6.92 Å². The number of rotatable bonds is 5. The molecule has 12 heavy (non-hydrogen) atoms. The second-order valence-corrected chi connectivity index (χ2v) is 3.36. The van der Waals surface area contributed by atoms with E-state index < -0.39 is 0 Å². The normalized spacial score (nSPS) is 10.4. The van der Waals surface area contributed by atoms with Crippen LogP contribution in [-0.2, 0) is 4.79 Å². The molecule has 0 aromatic heterocycles. The predicted molar refractivity (Wildman–Crippen MR) is 52.0 cm³/mol.